The summed E-state index contributed by atoms with van der Waals surface area (Å²) >= 11 is 0. The molecule has 1 fully saturated rings. The fourth-order valence-corrected chi connectivity index (χ4v) is 3.20. The molecule has 1 aliphatic heterocycles. The van der Waals surface area contributed by atoms with E-state index in [-0.39, 0.29) is 18.4 Å². The number of amides is 1. The van der Waals surface area contributed by atoms with E-state index in [0.29, 0.717) is 37.9 Å². The van der Waals surface area contributed by atoms with Crippen LogP contribution in [0.3, 0.4) is 0 Å². The molecular formula is C23H24N4O4. The average Bonchev–Trinajstić information content (AvgIpc) is 2.77. The Balaban J connectivity index is 1.27. The predicted molar refractivity (Wildman–Crippen MR) is 114 cm³/mol. The Hall–Kier alpha value is -3.52. The number of hydrogen-bond donors (Lipinski definition) is 0. The van der Waals surface area contributed by atoms with Crippen molar-refractivity contribution in [2.24, 2.45) is 0 Å². The summed E-state index contributed by atoms with van der Waals surface area (Å²) in [6.45, 7) is 2.14. The molecule has 0 bridgehead atoms. The topological polar surface area (TPSA) is 86.7 Å². The van der Waals surface area contributed by atoms with Crippen LogP contribution < -0.4 is 9.47 Å². The minimum Gasteiger partial charge on any atom is -0.491 e. The number of nitrogens with zero attached hydrogens (tertiary/aromatic N) is 4. The normalized spacial score (nSPS) is 13.5. The van der Waals surface area contributed by atoms with Gasteiger partial charge in [0, 0.05) is 43.5 Å². The van der Waals surface area contributed by atoms with Gasteiger partial charge in [-0.15, -0.1) is 0 Å². The van der Waals surface area contributed by atoms with Gasteiger partial charge in [0.25, 0.3) is 0 Å². The van der Waals surface area contributed by atoms with Crippen LogP contribution in [0.4, 0.5) is 0 Å². The maximum absolute atomic E-state index is 12.3. The molecule has 0 N–H and O–H groups in total. The second-order valence-corrected chi connectivity index (χ2v) is 7.17. The van der Waals surface area contributed by atoms with Crippen LogP contribution in [0.1, 0.15) is 5.69 Å². The molecule has 1 aromatic carbocycles. The van der Waals surface area contributed by atoms with Crippen molar-refractivity contribution in [3.63, 3.8) is 0 Å². The van der Waals surface area contributed by atoms with Gasteiger partial charge in [-0.3, -0.25) is 14.8 Å². The van der Waals surface area contributed by atoms with Gasteiger partial charge in [0.1, 0.15) is 18.5 Å². The van der Waals surface area contributed by atoms with Crippen LogP contribution >= 0.6 is 0 Å². The predicted octanol–water partition coefficient (Wildman–Crippen LogP) is 2.40. The number of pyridine rings is 1. The number of ether oxygens (including phenoxy) is 3. The third kappa shape index (κ3) is 5.55. The molecule has 160 valence electrons. The summed E-state index contributed by atoms with van der Waals surface area (Å²) in [5.74, 6) is 1.36. The lowest BCUT2D eigenvalue weighted by molar-refractivity contribution is -0.139. The molecule has 3 heterocycles. The van der Waals surface area contributed by atoms with Crippen molar-refractivity contribution < 1.29 is 19.0 Å². The van der Waals surface area contributed by atoms with Gasteiger partial charge in [-0.05, 0) is 23.8 Å². The Labute approximate surface area is 180 Å². The van der Waals surface area contributed by atoms with Gasteiger partial charge in [0.15, 0.2) is 0 Å². The Morgan fingerprint density at radius 3 is 2.71 bits per heavy atom. The van der Waals surface area contributed by atoms with E-state index in [0.717, 1.165) is 16.9 Å². The van der Waals surface area contributed by atoms with Gasteiger partial charge in [0.2, 0.25) is 11.8 Å². The molecule has 1 amide bonds. The second kappa shape index (κ2) is 9.99. The molecule has 1 aliphatic rings. The van der Waals surface area contributed by atoms with Crippen molar-refractivity contribution >= 4 is 5.91 Å². The number of methoxy groups -OCH3 is 1. The van der Waals surface area contributed by atoms with E-state index in [1.807, 2.05) is 36.4 Å². The molecule has 0 radical (unpaired) electrons. The number of aromatic nitrogens is 3. The van der Waals surface area contributed by atoms with Gasteiger partial charge in [-0.25, -0.2) is 4.98 Å². The zero-order chi connectivity index (χ0) is 21.5. The smallest absolute Gasteiger partial charge is 0.228 e. The largest absolute Gasteiger partial charge is 0.491 e. The number of benzene rings is 1. The van der Waals surface area contributed by atoms with Crippen molar-refractivity contribution in [1.82, 2.24) is 19.9 Å². The zero-order valence-corrected chi connectivity index (χ0v) is 17.3. The lowest BCUT2D eigenvalue weighted by atomic mass is 10.1. The van der Waals surface area contributed by atoms with E-state index >= 15 is 0 Å². The number of rotatable bonds is 9. The van der Waals surface area contributed by atoms with Crippen LogP contribution in [-0.4, -0.2) is 65.3 Å². The van der Waals surface area contributed by atoms with Gasteiger partial charge in [-0.1, -0.05) is 12.1 Å². The maximum Gasteiger partial charge on any atom is 0.228 e. The Kier molecular flexibility index (Phi) is 6.68. The summed E-state index contributed by atoms with van der Waals surface area (Å²) in [6.07, 6.45) is 6.76. The van der Waals surface area contributed by atoms with Crippen LogP contribution in [0.2, 0.25) is 0 Å². The molecule has 8 nitrogen and oxygen atoms in total. The molecule has 0 spiro atoms. The standard InChI is InChI=1S/C23H24N4O4/c1-29-9-10-30-20-4-2-3-17(11-20)18-5-6-22(26-13-18)31-21-15-27(16-21)23(28)12-19-14-24-7-8-25-19/h2-8,11,13-14,21H,9-10,12,15-16H2,1H3. The van der Waals surface area contributed by atoms with E-state index in [2.05, 4.69) is 15.0 Å². The van der Waals surface area contributed by atoms with E-state index in [9.17, 15) is 4.79 Å². The first kappa shape index (κ1) is 20.7. The summed E-state index contributed by atoms with van der Waals surface area (Å²) in [4.78, 5) is 26.6. The number of carbonyl (C=O) groups is 1. The maximum atomic E-state index is 12.3. The van der Waals surface area contributed by atoms with Crippen LogP contribution in [0.25, 0.3) is 11.1 Å². The van der Waals surface area contributed by atoms with E-state index in [1.165, 1.54) is 0 Å². The van der Waals surface area contributed by atoms with Crippen LogP contribution in [0, 0.1) is 0 Å². The minimum absolute atomic E-state index is 0.0243. The van der Waals surface area contributed by atoms with Crippen molar-refractivity contribution in [3.05, 3.63) is 66.9 Å². The highest BCUT2D eigenvalue weighted by molar-refractivity contribution is 5.79. The summed E-state index contributed by atoms with van der Waals surface area (Å²) in [7, 11) is 1.65. The minimum atomic E-state index is -0.0540. The molecule has 2 aromatic heterocycles. The highest BCUT2D eigenvalue weighted by Gasteiger charge is 2.32. The Morgan fingerprint density at radius 2 is 1.97 bits per heavy atom. The van der Waals surface area contributed by atoms with Crippen LogP contribution in [0.15, 0.2) is 61.2 Å². The summed E-state index contributed by atoms with van der Waals surface area (Å²) in [5, 5.41) is 0. The van der Waals surface area contributed by atoms with E-state index < -0.39 is 0 Å². The lowest BCUT2D eigenvalue weighted by Crippen LogP contribution is -2.56. The molecule has 4 rings (SSSR count). The first-order valence-electron chi connectivity index (χ1n) is 10.1. The first-order chi connectivity index (χ1) is 15.2. The number of carbonyl (C=O) groups excluding carboxylic acids is 1. The number of likely N-dealkylation sites (tertiary alicyclic amines) is 1. The zero-order valence-electron chi connectivity index (χ0n) is 17.3. The quantitative estimate of drug-likeness (QED) is 0.491. The summed E-state index contributed by atoms with van der Waals surface area (Å²) in [5.41, 5.74) is 2.65. The van der Waals surface area contributed by atoms with E-state index in [1.54, 1.807) is 36.8 Å². The highest BCUT2D eigenvalue weighted by atomic mass is 16.5. The molecule has 0 saturated carbocycles. The van der Waals surface area contributed by atoms with Crippen LogP contribution in [-0.2, 0) is 16.0 Å². The van der Waals surface area contributed by atoms with Gasteiger partial charge >= 0.3 is 0 Å². The van der Waals surface area contributed by atoms with Gasteiger partial charge in [-0.2, -0.15) is 0 Å². The summed E-state index contributed by atoms with van der Waals surface area (Å²) < 4.78 is 16.6. The average molecular weight is 420 g/mol. The number of hydrogen-bond acceptors (Lipinski definition) is 7. The van der Waals surface area contributed by atoms with Crippen molar-refractivity contribution in [2.75, 3.05) is 33.4 Å². The van der Waals surface area contributed by atoms with Gasteiger partial charge in [0.05, 0.1) is 31.8 Å². The molecular weight excluding hydrogens is 396 g/mol. The Morgan fingerprint density at radius 1 is 1.06 bits per heavy atom. The molecule has 3 aromatic rings. The second-order valence-electron chi connectivity index (χ2n) is 7.17. The lowest BCUT2D eigenvalue weighted by Gasteiger charge is -2.38. The SMILES string of the molecule is COCCOc1cccc(-c2ccc(OC3CN(C(=O)Cc4cnccn4)C3)nc2)c1. The molecule has 1 saturated heterocycles. The molecule has 0 aliphatic carbocycles. The third-order valence-electron chi connectivity index (χ3n) is 4.90. The third-order valence-corrected chi connectivity index (χ3v) is 4.90. The van der Waals surface area contributed by atoms with E-state index in [4.69, 9.17) is 14.2 Å². The van der Waals surface area contributed by atoms with Crippen molar-refractivity contribution in [3.8, 4) is 22.8 Å². The molecule has 8 heteroatoms. The van der Waals surface area contributed by atoms with Crippen molar-refractivity contribution in [1.29, 1.82) is 0 Å². The van der Waals surface area contributed by atoms with Crippen molar-refractivity contribution in [2.45, 2.75) is 12.5 Å². The Bertz CT molecular complexity index is 992. The highest BCUT2D eigenvalue weighted by Crippen LogP contribution is 2.25. The van der Waals surface area contributed by atoms with Gasteiger partial charge < -0.3 is 19.1 Å². The fraction of sp³-hybridized carbons (Fsp3) is 0.304. The molecule has 0 unspecified atom stereocenters. The fourth-order valence-electron chi connectivity index (χ4n) is 3.20. The summed E-state index contributed by atoms with van der Waals surface area (Å²) in [6, 6.07) is 11.7. The monoisotopic (exact) mass is 420 g/mol. The first-order valence-corrected chi connectivity index (χ1v) is 10.1. The van der Waals surface area contributed by atoms with Crippen LogP contribution in [0.5, 0.6) is 11.6 Å². The molecule has 31 heavy (non-hydrogen) atoms. The molecule has 0 atom stereocenters.